The fraction of sp³-hybridized carbons (Fsp3) is 0.692. The molecule has 0 aromatic rings. The van der Waals surface area contributed by atoms with Crippen molar-refractivity contribution in [3.63, 3.8) is 0 Å². The Morgan fingerprint density at radius 1 is 1.44 bits per heavy atom. The first kappa shape index (κ1) is 12.8. The third-order valence-corrected chi connectivity index (χ3v) is 2.62. The molecule has 1 fully saturated rings. The summed E-state index contributed by atoms with van der Waals surface area (Å²) in [5, 5.41) is 0. The van der Waals surface area contributed by atoms with E-state index >= 15 is 0 Å². The fourth-order valence-corrected chi connectivity index (χ4v) is 1.83. The van der Waals surface area contributed by atoms with Gasteiger partial charge in [-0.1, -0.05) is 5.57 Å². The van der Waals surface area contributed by atoms with Crippen molar-refractivity contribution >= 4 is 5.97 Å². The monoisotopic (exact) mass is 221 g/mol. The lowest BCUT2D eigenvalue weighted by atomic mass is 9.86. The van der Waals surface area contributed by atoms with Crippen LogP contribution in [0.5, 0.6) is 0 Å². The molecule has 0 spiro atoms. The van der Waals surface area contributed by atoms with Crippen molar-refractivity contribution in [3.05, 3.63) is 23.2 Å². The second-order valence-electron chi connectivity index (χ2n) is 5.22. The van der Waals surface area contributed by atoms with Gasteiger partial charge in [-0.3, -0.25) is 4.79 Å². The van der Waals surface area contributed by atoms with Crippen LogP contribution in [0.15, 0.2) is 11.8 Å². The molecule has 0 saturated heterocycles. The summed E-state index contributed by atoms with van der Waals surface area (Å²) in [5.74, 6) is -0.0727. The number of allylic oxidation sites excluding steroid dienone is 1. The van der Waals surface area contributed by atoms with E-state index in [1.165, 1.54) is 0 Å². The summed E-state index contributed by atoms with van der Waals surface area (Å²) >= 11 is 0. The maximum Gasteiger partial charge on any atom is 0.309 e. The van der Waals surface area contributed by atoms with Crippen molar-refractivity contribution in [2.45, 2.75) is 52.1 Å². The number of hydrogen-bond acceptors (Lipinski definition) is 2. The molecule has 0 aliphatic heterocycles. The Hall–Kier alpha value is -1.30. The Morgan fingerprint density at radius 3 is 2.44 bits per heavy atom. The highest BCUT2D eigenvalue weighted by Gasteiger charge is 2.27. The number of hydrogen-bond donors (Lipinski definition) is 0. The average Bonchev–Trinajstić information content (AvgIpc) is 2.16. The van der Waals surface area contributed by atoms with Gasteiger partial charge in [0.2, 0.25) is 0 Å². The molecule has 88 valence electrons. The Bertz CT molecular complexity index is 321. The topological polar surface area (TPSA) is 30.7 Å². The van der Waals surface area contributed by atoms with Crippen molar-refractivity contribution in [3.8, 4) is 0 Å². The van der Waals surface area contributed by atoms with Gasteiger partial charge in [0.1, 0.15) is 5.60 Å². The first-order chi connectivity index (χ1) is 7.42. The van der Waals surface area contributed by atoms with Gasteiger partial charge in [0.05, 0.1) is 12.5 Å². The van der Waals surface area contributed by atoms with Gasteiger partial charge in [0.25, 0.3) is 0 Å². The van der Waals surface area contributed by atoms with Crippen LogP contribution in [0, 0.1) is 12.5 Å². The highest BCUT2D eigenvalue weighted by Crippen LogP contribution is 2.30. The predicted octanol–water partition coefficient (Wildman–Crippen LogP) is 3.32. The molecule has 3 heteroatoms. The van der Waals surface area contributed by atoms with E-state index in [9.17, 15) is 4.79 Å². The number of carbonyl (C=O) groups is 1. The minimum Gasteiger partial charge on any atom is -0.460 e. The van der Waals surface area contributed by atoms with Crippen LogP contribution in [-0.4, -0.2) is 11.6 Å². The summed E-state index contributed by atoms with van der Waals surface area (Å²) in [5.41, 5.74) is 0.763. The molecule has 1 rings (SSSR count). The second kappa shape index (κ2) is 5.16. The van der Waals surface area contributed by atoms with E-state index in [1.54, 1.807) is 6.20 Å². The van der Waals surface area contributed by atoms with Gasteiger partial charge in [0.15, 0.2) is 6.20 Å². The highest BCUT2D eigenvalue weighted by atomic mass is 16.6. The zero-order valence-electron chi connectivity index (χ0n) is 10.2. The molecule has 1 saturated carbocycles. The Kier molecular flexibility index (Phi) is 4.12. The lowest BCUT2D eigenvalue weighted by Gasteiger charge is -2.26. The number of carbonyl (C=O) groups excluding carboxylic acids is 1. The Balaban J connectivity index is 2.46. The van der Waals surface area contributed by atoms with Crippen LogP contribution in [0.1, 0.15) is 46.5 Å². The fourth-order valence-electron chi connectivity index (χ4n) is 1.83. The van der Waals surface area contributed by atoms with Gasteiger partial charge in [-0.05, 0) is 46.5 Å². The summed E-state index contributed by atoms with van der Waals surface area (Å²) in [4.78, 5) is 15.0. The van der Waals surface area contributed by atoms with Crippen molar-refractivity contribution in [1.29, 1.82) is 0 Å². The van der Waals surface area contributed by atoms with Crippen LogP contribution in [0.25, 0.3) is 4.85 Å². The molecular weight excluding hydrogens is 202 g/mol. The van der Waals surface area contributed by atoms with Crippen LogP contribution in [0.4, 0.5) is 0 Å². The highest BCUT2D eigenvalue weighted by molar-refractivity contribution is 5.73. The molecule has 1 aliphatic carbocycles. The smallest absolute Gasteiger partial charge is 0.309 e. The van der Waals surface area contributed by atoms with Gasteiger partial charge in [-0.2, -0.15) is 0 Å². The van der Waals surface area contributed by atoms with Crippen LogP contribution in [0.3, 0.4) is 0 Å². The van der Waals surface area contributed by atoms with Gasteiger partial charge in [-0.15, -0.1) is 0 Å². The molecule has 0 amide bonds. The second-order valence-corrected chi connectivity index (χ2v) is 5.22. The molecule has 1 aliphatic rings. The van der Waals surface area contributed by atoms with Crippen LogP contribution >= 0.6 is 0 Å². The molecule has 0 unspecified atom stereocenters. The van der Waals surface area contributed by atoms with Crippen molar-refractivity contribution in [2.24, 2.45) is 5.92 Å². The molecule has 3 nitrogen and oxygen atoms in total. The summed E-state index contributed by atoms with van der Waals surface area (Å²) in [6.45, 7) is 12.4. The van der Waals surface area contributed by atoms with Crippen LogP contribution < -0.4 is 0 Å². The van der Waals surface area contributed by atoms with Gasteiger partial charge in [-0.25, -0.2) is 4.85 Å². The zero-order chi connectivity index (χ0) is 12.2. The van der Waals surface area contributed by atoms with Gasteiger partial charge >= 0.3 is 5.97 Å². The maximum absolute atomic E-state index is 11.8. The van der Waals surface area contributed by atoms with E-state index in [0.29, 0.717) is 0 Å². The van der Waals surface area contributed by atoms with E-state index in [2.05, 4.69) is 4.85 Å². The summed E-state index contributed by atoms with van der Waals surface area (Å²) in [7, 11) is 0. The van der Waals surface area contributed by atoms with E-state index in [-0.39, 0.29) is 11.9 Å². The molecule has 16 heavy (non-hydrogen) atoms. The normalized spacial score (nSPS) is 21.1. The third-order valence-electron chi connectivity index (χ3n) is 2.62. The zero-order valence-corrected chi connectivity index (χ0v) is 10.2. The number of nitrogens with zero attached hydrogens (tertiary/aromatic N) is 1. The third kappa shape index (κ3) is 4.06. The number of rotatable bonds is 1. The molecule has 0 aromatic heterocycles. The summed E-state index contributed by atoms with van der Waals surface area (Å²) in [6, 6.07) is 0. The van der Waals surface area contributed by atoms with Crippen LogP contribution in [-0.2, 0) is 9.53 Å². The van der Waals surface area contributed by atoms with E-state index in [1.807, 2.05) is 20.8 Å². The first-order valence-corrected chi connectivity index (χ1v) is 5.70. The SMILES string of the molecule is [C-]#[N+]C=C1CCC(C(=O)OC(C)(C)C)CC1. The molecule has 0 N–H and O–H groups in total. The maximum atomic E-state index is 11.8. The average molecular weight is 221 g/mol. The van der Waals surface area contributed by atoms with Crippen molar-refractivity contribution in [1.82, 2.24) is 0 Å². The summed E-state index contributed by atoms with van der Waals surface area (Å²) in [6.07, 6.45) is 4.93. The predicted molar refractivity (Wildman–Crippen MR) is 62.5 cm³/mol. The molecule has 0 radical (unpaired) electrons. The van der Waals surface area contributed by atoms with Gasteiger partial charge in [0, 0.05) is 0 Å². The first-order valence-electron chi connectivity index (χ1n) is 5.70. The van der Waals surface area contributed by atoms with Crippen molar-refractivity contribution in [2.75, 3.05) is 0 Å². The lowest BCUT2D eigenvalue weighted by molar-refractivity contribution is -0.160. The van der Waals surface area contributed by atoms with Gasteiger partial charge < -0.3 is 4.74 Å². The standard InChI is InChI=1S/C13H19NO2/c1-13(2,3)16-12(15)11-7-5-10(6-8-11)9-14-4/h9,11H,5-8H2,1-3H3. The minimum atomic E-state index is -0.399. The number of esters is 1. The molecule has 0 heterocycles. The molecule has 0 aromatic carbocycles. The van der Waals surface area contributed by atoms with Crippen LogP contribution in [0.2, 0.25) is 0 Å². The summed E-state index contributed by atoms with van der Waals surface area (Å²) < 4.78 is 5.35. The largest absolute Gasteiger partial charge is 0.460 e. The molecule has 0 bridgehead atoms. The number of ether oxygens (including phenoxy) is 1. The molecular formula is C13H19NO2. The quantitative estimate of drug-likeness (QED) is 0.502. The molecule has 0 atom stereocenters. The Morgan fingerprint density at radius 2 is 2.00 bits per heavy atom. The van der Waals surface area contributed by atoms with Crippen molar-refractivity contribution < 1.29 is 9.53 Å². The van der Waals surface area contributed by atoms with E-state index in [4.69, 9.17) is 11.3 Å². The Labute approximate surface area is 97.3 Å². The minimum absolute atomic E-state index is 0.0158. The lowest BCUT2D eigenvalue weighted by Crippen LogP contribution is -2.30. The van der Waals surface area contributed by atoms with E-state index in [0.717, 1.165) is 31.3 Å². The van der Waals surface area contributed by atoms with E-state index < -0.39 is 5.60 Å².